The van der Waals surface area contributed by atoms with Gasteiger partial charge < -0.3 is 10.3 Å². The summed E-state index contributed by atoms with van der Waals surface area (Å²) in [6, 6.07) is 12.9. The summed E-state index contributed by atoms with van der Waals surface area (Å²) in [7, 11) is 0. The molecule has 1 aliphatic carbocycles. The quantitative estimate of drug-likeness (QED) is 0.547. The Morgan fingerprint density at radius 3 is 2.86 bits per heavy atom. The molecule has 4 aromatic rings. The zero-order chi connectivity index (χ0) is 19.8. The molecule has 1 saturated carbocycles. The Hall–Kier alpha value is -3.48. The van der Waals surface area contributed by atoms with Gasteiger partial charge in [0.2, 0.25) is 5.91 Å². The third-order valence-corrected chi connectivity index (χ3v) is 5.59. The molecule has 0 aliphatic heterocycles. The molecule has 0 radical (unpaired) electrons. The minimum Gasteiger partial charge on any atom is -0.342 e. The number of carbonyl (C=O) groups is 1. The van der Waals surface area contributed by atoms with Crippen LogP contribution < -0.4 is 10.9 Å². The number of H-pyrrole nitrogens is 1. The minimum atomic E-state index is -0.150. The number of aromatic amines is 1. The molecule has 1 amide bonds. The molecular formula is C22H21N5O2. The average Bonchev–Trinajstić information content (AvgIpc) is 3.08. The number of imidazole rings is 1. The van der Waals surface area contributed by atoms with Crippen molar-refractivity contribution < 1.29 is 4.79 Å². The summed E-state index contributed by atoms with van der Waals surface area (Å²) in [6.07, 6.45) is 5.32. The first-order valence-corrected chi connectivity index (χ1v) is 9.91. The van der Waals surface area contributed by atoms with Crippen molar-refractivity contribution in [2.45, 2.75) is 38.1 Å². The van der Waals surface area contributed by atoms with Gasteiger partial charge >= 0.3 is 0 Å². The van der Waals surface area contributed by atoms with Crippen molar-refractivity contribution in [3.63, 3.8) is 0 Å². The van der Waals surface area contributed by atoms with E-state index in [1.54, 1.807) is 12.1 Å². The highest BCUT2D eigenvalue weighted by molar-refractivity contribution is 5.93. The fourth-order valence-electron chi connectivity index (χ4n) is 3.69. The van der Waals surface area contributed by atoms with Crippen molar-refractivity contribution in [1.82, 2.24) is 19.5 Å². The predicted octanol–water partition coefficient (Wildman–Crippen LogP) is 3.57. The van der Waals surface area contributed by atoms with Crippen molar-refractivity contribution in [2.24, 2.45) is 0 Å². The summed E-state index contributed by atoms with van der Waals surface area (Å²) in [5.41, 5.74) is 3.09. The number of nitrogens with one attached hydrogen (secondary N) is 2. The normalized spacial score (nSPS) is 14.2. The van der Waals surface area contributed by atoms with Gasteiger partial charge in [0.05, 0.1) is 28.3 Å². The topological polar surface area (TPSA) is 92.7 Å². The van der Waals surface area contributed by atoms with E-state index in [0.717, 1.165) is 22.5 Å². The monoisotopic (exact) mass is 387 g/mol. The molecule has 29 heavy (non-hydrogen) atoms. The van der Waals surface area contributed by atoms with Gasteiger partial charge in [-0.3, -0.25) is 14.2 Å². The molecule has 1 aliphatic rings. The van der Waals surface area contributed by atoms with Crippen LogP contribution in [0.15, 0.2) is 53.6 Å². The van der Waals surface area contributed by atoms with E-state index in [1.807, 2.05) is 30.3 Å². The number of benzene rings is 2. The fourth-order valence-corrected chi connectivity index (χ4v) is 3.69. The first-order chi connectivity index (χ1) is 14.2. The summed E-state index contributed by atoms with van der Waals surface area (Å²) >= 11 is 0. The van der Waals surface area contributed by atoms with E-state index in [9.17, 15) is 9.59 Å². The molecule has 146 valence electrons. The maximum Gasteiger partial charge on any atom is 0.261 e. The second kappa shape index (κ2) is 7.16. The van der Waals surface area contributed by atoms with Crippen molar-refractivity contribution in [2.75, 3.05) is 5.32 Å². The minimum absolute atomic E-state index is 0.134. The van der Waals surface area contributed by atoms with Crippen LogP contribution in [0.25, 0.3) is 21.9 Å². The Labute approximate surface area is 166 Å². The summed E-state index contributed by atoms with van der Waals surface area (Å²) in [6.45, 7) is 0.278. The zero-order valence-electron chi connectivity index (χ0n) is 15.9. The maximum atomic E-state index is 12.5. The third-order valence-electron chi connectivity index (χ3n) is 5.59. The first kappa shape index (κ1) is 17.6. The summed E-state index contributed by atoms with van der Waals surface area (Å²) < 4.78 is 1.48. The number of amides is 1. The SMILES string of the molecule is O=C(CCn1cnc2ccccc2c1=O)Nc1ccc2nc(C3CCC3)[nH]c2c1. The van der Waals surface area contributed by atoms with Crippen molar-refractivity contribution >= 4 is 33.5 Å². The highest BCUT2D eigenvalue weighted by Gasteiger charge is 2.22. The summed E-state index contributed by atoms with van der Waals surface area (Å²) in [5.74, 6) is 1.43. The number of hydrogen-bond donors (Lipinski definition) is 2. The van der Waals surface area contributed by atoms with Gasteiger partial charge in [0.25, 0.3) is 5.56 Å². The number of nitrogens with zero attached hydrogens (tertiary/aromatic N) is 3. The lowest BCUT2D eigenvalue weighted by molar-refractivity contribution is -0.116. The molecular weight excluding hydrogens is 366 g/mol. The number of aromatic nitrogens is 4. The lowest BCUT2D eigenvalue weighted by Gasteiger charge is -2.22. The van der Waals surface area contributed by atoms with Crippen molar-refractivity contribution in [3.8, 4) is 0 Å². The van der Waals surface area contributed by atoms with Gasteiger partial charge in [-0.05, 0) is 43.2 Å². The van der Waals surface area contributed by atoms with Crippen LogP contribution in [0.1, 0.15) is 37.4 Å². The summed E-state index contributed by atoms with van der Waals surface area (Å²) in [4.78, 5) is 37.2. The number of anilines is 1. The van der Waals surface area contributed by atoms with Crippen LogP contribution in [0.3, 0.4) is 0 Å². The molecule has 2 aromatic heterocycles. The Morgan fingerprint density at radius 2 is 2.03 bits per heavy atom. The molecule has 2 heterocycles. The number of aryl methyl sites for hydroxylation is 1. The second-order valence-electron chi connectivity index (χ2n) is 7.54. The number of carbonyl (C=O) groups excluding carboxylic acids is 1. The third kappa shape index (κ3) is 3.40. The number of para-hydroxylation sites is 1. The van der Waals surface area contributed by atoms with E-state index in [-0.39, 0.29) is 24.4 Å². The lowest BCUT2D eigenvalue weighted by Crippen LogP contribution is -2.23. The molecule has 0 unspecified atom stereocenters. The highest BCUT2D eigenvalue weighted by Crippen LogP contribution is 2.35. The predicted molar refractivity (Wildman–Crippen MR) is 112 cm³/mol. The highest BCUT2D eigenvalue weighted by atomic mass is 16.2. The van der Waals surface area contributed by atoms with Crippen molar-refractivity contribution in [1.29, 1.82) is 0 Å². The molecule has 1 fully saturated rings. The molecule has 2 aromatic carbocycles. The number of fused-ring (bicyclic) bond motifs is 2. The Kier molecular flexibility index (Phi) is 4.35. The lowest BCUT2D eigenvalue weighted by atomic mass is 9.85. The molecule has 0 atom stereocenters. The van der Waals surface area contributed by atoms with E-state index in [4.69, 9.17) is 0 Å². The molecule has 2 N–H and O–H groups in total. The Bertz CT molecular complexity index is 1270. The van der Waals surface area contributed by atoms with E-state index in [0.29, 0.717) is 16.8 Å². The largest absolute Gasteiger partial charge is 0.342 e. The van der Waals surface area contributed by atoms with Crippen molar-refractivity contribution in [3.05, 3.63) is 65.0 Å². The van der Waals surface area contributed by atoms with Crippen LogP contribution in [0.2, 0.25) is 0 Å². The first-order valence-electron chi connectivity index (χ1n) is 9.91. The van der Waals surface area contributed by atoms with Crippen LogP contribution in [-0.4, -0.2) is 25.4 Å². The van der Waals surface area contributed by atoms with Crippen LogP contribution in [-0.2, 0) is 11.3 Å². The van der Waals surface area contributed by atoms with Crippen LogP contribution >= 0.6 is 0 Å². The van der Waals surface area contributed by atoms with E-state index in [2.05, 4.69) is 20.3 Å². The van der Waals surface area contributed by atoms with Crippen LogP contribution in [0.4, 0.5) is 5.69 Å². The van der Waals surface area contributed by atoms with Crippen LogP contribution in [0.5, 0.6) is 0 Å². The average molecular weight is 387 g/mol. The van der Waals surface area contributed by atoms with Gasteiger partial charge in [-0.1, -0.05) is 18.6 Å². The molecule has 7 heteroatoms. The van der Waals surface area contributed by atoms with Gasteiger partial charge in [-0.2, -0.15) is 0 Å². The standard InChI is InChI=1S/C22H21N5O2/c28-20(10-11-27-13-23-17-7-2-1-6-16(17)22(27)29)24-15-8-9-18-19(12-15)26-21(25-18)14-4-3-5-14/h1-2,6-9,12-14H,3-5,10-11H2,(H,24,28)(H,25,26). The van der Waals surface area contributed by atoms with Gasteiger partial charge in [0.15, 0.2) is 0 Å². The molecule has 0 bridgehead atoms. The fraction of sp³-hybridized carbons (Fsp3) is 0.273. The second-order valence-corrected chi connectivity index (χ2v) is 7.54. The zero-order valence-corrected chi connectivity index (χ0v) is 15.9. The Balaban J connectivity index is 1.27. The summed E-state index contributed by atoms with van der Waals surface area (Å²) in [5, 5.41) is 3.46. The number of hydrogen-bond acceptors (Lipinski definition) is 4. The maximum absolute atomic E-state index is 12.5. The number of rotatable bonds is 5. The smallest absolute Gasteiger partial charge is 0.261 e. The van der Waals surface area contributed by atoms with E-state index >= 15 is 0 Å². The molecule has 7 nitrogen and oxygen atoms in total. The molecule has 5 rings (SSSR count). The van der Waals surface area contributed by atoms with E-state index in [1.165, 1.54) is 30.2 Å². The van der Waals surface area contributed by atoms with Crippen LogP contribution in [0, 0.1) is 0 Å². The molecule has 0 spiro atoms. The Morgan fingerprint density at radius 1 is 1.17 bits per heavy atom. The molecule has 0 saturated heterocycles. The van der Waals surface area contributed by atoms with Gasteiger partial charge in [-0.25, -0.2) is 9.97 Å². The van der Waals surface area contributed by atoms with Gasteiger partial charge in [-0.15, -0.1) is 0 Å². The van der Waals surface area contributed by atoms with Gasteiger partial charge in [0.1, 0.15) is 5.82 Å². The van der Waals surface area contributed by atoms with E-state index < -0.39 is 0 Å². The van der Waals surface area contributed by atoms with Gasteiger partial charge in [0, 0.05) is 24.6 Å².